The molecule has 0 bridgehead atoms. The molecule has 0 saturated heterocycles. The largest absolute Gasteiger partial charge is 0.369 e. The third kappa shape index (κ3) is 5.50. The molecule has 1 saturated carbocycles. The molecule has 1 aliphatic carbocycles. The van der Waals surface area contributed by atoms with E-state index in [1.807, 2.05) is 0 Å². The summed E-state index contributed by atoms with van der Waals surface area (Å²) in [5, 5.41) is 0. The Bertz CT molecular complexity index is 210. The van der Waals surface area contributed by atoms with E-state index >= 15 is 0 Å². The van der Waals surface area contributed by atoms with Crippen LogP contribution in [0.15, 0.2) is 0 Å². The second-order valence-electron chi connectivity index (χ2n) is 5.56. The molecule has 0 aliphatic heterocycles. The van der Waals surface area contributed by atoms with Crippen LogP contribution in [0.5, 0.6) is 0 Å². The van der Waals surface area contributed by atoms with Gasteiger partial charge in [0, 0.05) is 13.1 Å². The van der Waals surface area contributed by atoms with E-state index in [0.29, 0.717) is 12.5 Å². The van der Waals surface area contributed by atoms with E-state index in [9.17, 15) is 4.79 Å². The zero-order valence-corrected chi connectivity index (χ0v) is 10.7. The number of hydrogen-bond acceptors (Lipinski definition) is 2. The highest BCUT2D eigenvalue weighted by molar-refractivity contribution is 5.75. The van der Waals surface area contributed by atoms with Crippen LogP contribution in [0.3, 0.4) is 0 Å². The molecule has 16 heavy (non-hydrogen) atoms. The average molecular weight is 226 g/mol. The van der Waals surface area contributed by atoms with Gasteiger partial charge in [0.15, 0.2) is 0 Å². The lowest BCUT2D eigenvalue weighted by Gasteiger charge is -2.29. The van der Waals surface area contributed by atoms with Crippen molar-refractivity contribution in [3.63, 3.8) is 0 Å². The molecule has 0 heterocycles. The first kappa shape index (κ1) is 13.5. The molecule has 1 rings (SSSR count). The molecule has 2 N–H and O–H groups in total. The van der Waals surface area contributed by atoms with Crippen molar-refractivity contribution in [3.8, 4) is 0 Å². The second kappa shape index (κ2) is 6.89. The molecule has 0 atom stereocenters. The van der Waals surface area contributed by atoms with Gasteiger partial charge in [-0.25, -0.2) is 0 Å². The third-order valence-corrected chi connectivity index (χ3v) is 3.24. The molecule has 0 radical (unpaired) electrons. The van der Waals surface area contributed by atoms with E-state index in [-0.39, 0.29) is 5.91 Å². The smallest absolute Gasteiger partial charge is 0.231 e. The Morgan fingerprint density at radius 1 is 1.31 bits per heavy atom. The number of nitrogens with two attached hydrogens (primary N) is 1. The predicted octanol–water partition coefficient (Wildman–Crippen LogP) is 2.01. The van der Waals surface area contributed by atoms with Gasteiger partial charge in [-0.3, -0.25) is 9.69 Å². The van der Waals surface area contributed by atoms with Gasteiger partial charge in [0.25, 0.3) is 0 Å². The Labute approximate surface area is 99.4 Å². The number of primary amides is 1. The minimum atomic E-state index is -0.198. The Morgan fingerprint density at radius 2 is 1.94 bits per heavy atom. The molecular weight excluding hydrogens is 200 g/mol. The zero-order valence-electron chi connectivity index (χ0n) is 10.7. The van der Waals surface area contributed by atoms with Crippen molar-refractivity contribution in [2.24, 2.45) is 17.6 Å². The van der Waals surface area contributed by atoms with Crippen LogP contribution < -0.4 is 5.73 Å². The maximum Gasteiger partial charge on any atom is 0.231 e. The van der Waals surface area contributed by atoms with Gasteiger partial charge in [-0.15, -0.1) is 0 Å². The predicted molar refractivity (Wildman–Crippen MR) is 67.0 cm³/mol. The van der Waals surface area contributed by atoms with Crippen LogP contribution in [0.25, 0.3) is 0 Å². The summed E-state index contributed by atoms with van der Waals surface area (Å²) in [6.07, 6.45) is 6.75. The molecule has 3 nitrogen and oxygen atoms in total. The van der Waals surface area contributed by atoms with Crippen molar-refractivity contribution in [1.82, 2.24) is 4.90 Å². The summed E-state index contributed by atoms with van der Waals surface area (Å²) in [4.78, 5) is 13.3. The normalized spacial score (nSPS) is 18.2. The van der Waals surface area contributed by atoms with Crippen LogP contribution in [-0.4, -0.2) is 30.4 Å². The summed E-state index contributed by atoms with van der Waals surface area (Å²) < 4.78 is 0. The van der Waals surface area contributed by atoms with Gasteiger partial charge < -0.3 is 5.73 Å². The van der Waals surface area contributed by atoms with Gasteiger partial charge >= 0.3 is 0 Å². The van der Waals surface area contributed by atoms with Gasteiger partial charge in [-0.2, -0.15) is 0 Å². The Kier molecular flexibility index (Phi) is 5.81. The first-order chi connectivity index (χ1) is 7.58. The van der Waals surface area contributed by atoms with Crippen LogP contribution in [0.1, 0.15) is 46.0 Å². The lowest BCUT2D eigenvalue weighted by Crippen LogP contribution is -2.39. The van der Waals surface area contributed by atoms with Crippen molar-refractivity contribution >= 4 is 5.91 Å². The maximum absolute atomic E-state index is 11.0. The first-order valence-electron chi connectivity index (χ1n) is 6.58. The highest BCUT2D eigenvalue weighted by atomic mass is 16.1. The highest BCUT2D eigenvalue weighted by Crippen LogP contribution is 2.24. The van der Waals surface area contributed by atoms with Crippen LogP contribution in [0.4, 0.5) is 0 Å². The topological polar surface area (TPSA) is 46.3 Å². The van der Waals surface area contributed by atoms with Crippen LogP contribution in [0.2, 0.25) is 0 Å². The monoisotopic (exact) mass is 226 g/mol. The molecular formula is C13H26N2O. The van der Waals surface area contributed by atoms with Gasteiger partial charge in [0.1, 0.15) is 0 Å². The fourth-order valence-electron chi connectivity index (χ4n) is 2.68. The minimum Gasteiger partial charge on any atom is -0.369 e. The number of hydrogen-bond donors (Lipinski definition) is 1. The van der Waals surface area contributed by atoms with Gasteiger partial charge in [0.2, 0.25) is 5.91 Å². The van der Waals surface area contributed by atoms with E-state index in [4.69, 9.17) is 5.73 Å². The molecule has 0 spiro atoms. The molecule has 94 valence electrons. The second-order valence-corrected chi connectivity index (χ2v) is 5.56. The molecule has 1 amide bonds. The van der Waals surface area contributed by atoms with E-state index < -0.39 is 0 Å². The quantitative estimate of drug-likeness (QED) is 0.753. The van der Waals surface area contributed by atoms with Crippen molar-refractivity contribution in [1.29, 1.82) is 0 Å². The number of rotatable bonds is 6. The Hall–Kier alpha value is -0.570. The molecule has 0 unspecified atom stereocenters. The molecule has 0 aromatic rings. The fourth-order valence-corrected chi connectivity index (χ4v) is 2.68. The average Bonchev–Trinajstić information content (AvgIpc) is 2.16. The molecule has 1 fully saturated rings. The number of carbonyl (C=O) groups excluding carboxylic acids is 1. The highest BCUT2D eigenvalue weighted by Gasteiger charge is 2.18. The van der Waals surface area contributed by atoms with E-state index in [1.165, 1.54) is 32.1 Å². The van der Waals surface area contributed by atoms with Crippen LogP contribution >= 0.6 is 0 Å². The van der Waals surface area contributed by atoms with Gasteiger partial charge in [-0.05, 0) is 24.7 Å². The lowest BCUT2D eigenvalue weighted by atomic mass is 9.89. The summed E-state index contributed by atoms with van der Waals surface area (Å²) in [5.74, 6) is 1.19. The summed E-state index contributed by atoms with van der Waals surface area (Å²) in [5.41, 5.74) is 5.29. The molecule has 3 heteroatoms. The molecule has 0 aromatic carbocycles. The van der Waals surface area contributed by atoms with Gasteiger partial charge in [0.05, 0.1) is 6.54 Å². The molecule has 1 aliphatic rings. The Morgan fingerprint density at radius 3 is 2.44 bits per heavy atom. The third-order valence-electron chi connectivity index (χ3n) is 3.24. The van der Waals surface area contributed by atoms with Crippen molar-refractivity contribution in [3.05, 3.63) is 0 Å². The van der Waals surface area contributed by atoms with Crippen molar-refractivity contribution < 1.29 is 4.79 Å². The zero-order chi connectivity index (χ0) is 12.0. The van der Waals surface area contributed by atoms with Crippen molar-refractivity contribution in [2.45, 2.75) is 46.0 Å². The van der Waals surface area contributed by atoms with Crippen LogP contribution in [0, 0.1) is 11.8 Å². The Balaban J connectivity index is 2.37. The van der Waals surface area contributed by atoms with E-state index in [2.05, 4.69) is 18.7 Å². The summed E-state index contributed by atoms with van der Waals surface area (Å²) in [6, 6.07) is 0. The minimum absolute atomic E-state index is 0.198. The number of nitrogens with zero attached hydrogens (tertiary/aromatic N) is 1. The number of carbonyl (C=O) groups is 1. The number of amides is 1. The first-order valence-corrected chi connectivity index (χ1v) is 6.58. The lowest BCUT2D eigenvalue weighted by molar-refractivity contribution is -0.119. The molecule has 0 aromatic heterocycles. The van der Waals surface area contributed by atoms with Crippen LogP contribution in [-0.2, 0) is 4.79 Å². The van der Waals surface area contributed by atoms with Gasteiger partial charge in [-0.1, -0.05) is 33.1 Å². The fraction of sp³-hybridized carbons (Fsp3) is 0.923. The summed E-state index contributed by atoms with van der Waals surface area (Å²) >= 11 is 0. The maximum atomic E-state index is 11.0. The SMILES string of the molecule is CC(C)CN(CC(N)=O)CC1CCCCC1. The summed E-state index contributed by atoms with van der Waals surface area (Å²) in [7, 11) is 0. The van der Waals surface area contributed by atoms with E-state index in [1.54, 1.807) is 0 Å². The van der Waals surface area contributed by atoms with Crippen molar-refractivity contribution in [2.75, 3.05) is 19.6 Å². The standard InChI is InChI=1S/C13H26N2O/c1-11(2)8-15(10-13(14)16)9-12-6-4-3-5-7-12/h11-12H,3-10H2,1-2H3,(H2,14,16). The van der Waals surface area contributed by atoms with E-state index in [0.717, 1.165) is 19.0 Å². The summed E-state index contributed by atoms with van der Waals surface area (Å²) in [6.45, 7) is 6.85.